The third-order valence-electron chi connectivity index (χ3n) is 4.87. The van der Waals surface area contributed by atoms with Crippen LogP contribution in [-0.2, 0) is 19.6 Å². The summed E-state index contributed by atoms with van der Waals surface area (Å²) < 4.78 is 18.5. The summed E-state index contributed by atoms with van der Waals surface area (Å²) >= 11 is 0. The summed E-state index contributed by atoms with van der Waals surface area (Å²) in [7, 11) is 0. The third-order valence-corrected chi connectivity index (χ3v) is 4.87. The third kappa shape index (κ3) is 3.45. The summed E-state index contributed by atoms with van der Waals surface area (Å²) in [6, 6.07) is 11.7. The molecule has 4 rings (SSSR count). The second kappa shape index (κ2) is 7.48. The fraction of sp³-hybridized carbons (Fsp3) is 0.381. The van der Waals surface area contributed by atoms with Crippen LogP contribution >= 0.6 is 0 Å². The summed E-state index contributed by atoms with van der Waals surface area (Å²) in [5.74, 6) is 1.28. The molecule has 0 saturated heterocycles. The lowest BCUT2D eigenvalue weighted by Crippen LogP contribution is -2.35. The highest BCUT2D eigenvalue weighted by Gasteiger charge is 2.21. The molecule has 0 unspecified atom stereocenters. The summed E-state index contributed by atoms with van der Waals surface area (Å²) in [4.78, 5) is 14.5. The largest absolute Gasteiger partial charge is 0.490 e. The van der Waals surface area contributed by atoms with Crippen molar-refractivity contribution in [3.05, 3.63) is 58.1 Å². The monoisotopic (exact) mass is 368 g/mol. The lowest BCUT2D eigenvalue weighted by Gasteiger charge is -2.29. The Morgan fingerprint density at radius 2 is 1.74 bits per heavy atom. The number of fused-ring (bicyclic) bond motifs is 2. The lowest BCUT2D eigenvalue weighted by molar-refractivity contribution is 0.195. The van der Waals surface area contributed by atoms with Crippen LogP contribution in [0.5, 0.6) is 11.5 Å². The Labute approximate surface area is 157 Å². The van der Waals surface area contributed by atoms with E-state index in [0.29, 0.717) is 25.5 Å². The van der Waals surface area contributed by atoms with Crippen LogP contribution in [0.3, 0.4) is 0 Å². The second-order valence-electron chi connectivity index (χ2n) is 6.64. The number of ether oxygens (including phenoxy) is 2. The SMILES string of the molecule is CCOc1cc2c(cc1OCC)CN(Cn1c(=O)oc3ccccc31)CC2. The molecule has 1 aromatic heterocycles. The highest BCUT2D eigenvalue weighted by atomic mass is 16.5. The van der Waals surface area contributed by atoms with E-state index in [1.807, 2.05) is 38.1 Å². The summed E-state index contributed by atoms with van der Waals surface area (Å²) in [6.07, 6.45) is 0.909. The number of aromatic nitrogens is 1. The molecule has 6 nitrogen and oxygen atoms in total. The van der Waals surface area contributed by atoms with Crippen molar-refractivity contribution >= 4 is 11.1 Å². The molecule has 142 valence electrons. The molecular formula is C21H24N2O4. The van der Waals surface area contributed by atoms with Crippen LogP contribution < -0.4 is 15.2 Å². The van der Waals surface area contributed by atoms with E-state index >= 15 is 0 Å². The van der Waals surface area contributed by atoms with Crippen LogP contribution in [0.1, 0.15) is 25.0 Å². The van der Waals surface area contributed by atoms with Crippen LogP contribution in [-0.4, -0.2) is 29.2 Å². The predicted molar refractivity (Wildman–Crippen MR) is 103 cm³/mol. The molecule has 0 spiro atoms. The Balaban J connectivity index is 1.60. The average Bonchev–Trinajstić information content (AvgIpc) is 2.98. The molecule has 0 fully saturated rings. The molecule has 2 heterocycles. The van der Waals surface area contributed by atoms with Gasteiger partial charge in [0.05, 0.1) is 25.4 Å². The number of para-hydroxylation sites is 2. The molecular weight excluding hydrogens is 344 g/mol. The molecule has 0 saturated carbocycles. The quantitative estimate of drug-likeness (QED) is 0.667. The van der Waals surface area contributed by atoms with Gasteiger partial charge in [0, 0.05) is 13.1 Å². The zero-order valence-corrected chi connectivity index (χ0v) is 15.7. The molecule has 1 aliphatic heterocycles. The first kappa shape index (κ1) is 17.7. The van der Waals surface area contributed by atoms with Crippen LogP contribution in [0.2, 0.25) is 0 Å². The molecule has 1 aliphatic rings. The maximum Gasteiger partial charge on any atom is 0.421 e. The Morgan fingerprint density at radius 1 is 1.04 bits per heavy atom. The van der Waals surface area contributed by atoms with Gasteiger partial charge in [-0.15, -0.1) is 0 Å². The number of oxazole rings is 1. The minimum absolute atomic E-state index is 0.316. The summed E-state index contributed by atoms with van der Waals surface area (Å²) in [5, 5.41) is 0. The fourth-order valence-corrected chi connectivity index (χ4v) is 3.63. The Bertz CT molecular complexity index is 1010. The highest BCUT2D eigenvalue weighted by Crippen LogP contribution is 2.34. The minimum Gasteiger partial charge on any atom is -0.490 e. The normalized spacial score (nSPS) is 14.3. The van der Waals surface area contributed by atoms with E-state index in [0.717, 1.165) is 36.5 Å². The van der Waals surface area contributed by atoms with E-state index < -0.39 is 0 Å². The highest BCUT2D eigenvalue weighted by molar-refractivity contribution is 5.72. The number of benzene rings is 2. The first-order valence-electron chi connectivity index (χ1n) is 9.41. The number of hydrogen-bond donors (Lipinski definition) is 0. The van der Waals surface area contributed by atoms with Crippen molar-refractivity contribution in [3.8, 4) is 11.5 Å². The van der Waals surface area contributed by atoms with Gasteiger partial charge in [-0.1, -0.05) is 12.1 Å². The van der Waals surface area contributed by atoms with E-state index in [-0.39, 0.29) is 5.76 Å². The Kier molecular flexibility index (Phi) is 4.90. The maximum absolute atomic E-state index is 12.2. The van der Waals surface area contributed by atoms with Gasteiger partial charge in [0.2, 0.25) is 0 Å². The van der Waals surface area contributed by atoms with Gasteiger partial charge in [0.1, 0.15) is 0 Å². The predicted octanol–water partition coefficient (Wildman–Crippen LogP) is 3.41. The van der Waals surface area contributed by atoms with E-state index in [1.165, 1.54) is 11.1 Å². The van der Waals surface area contributed by atoms with Gasteiger partial charge in [-0.25, -0.2) is 4.79 Å². The van der Waals surface area contributed by atoms with Crippen molar-refractivity contribution in [3.63, 3.8) is 0 Å². The first-order chi connectivity index (χ1) is 13.2. The summed E-state index contributed by atoms with van der Waals surface area (Å²) in [6.45, 7) is 7.29. The molecule has 2 aromatic carbocycles. The maximum atomic E-state index is 12.2. The molecule has 0 N–H and O–H groups in total. The van der Waals surface area contributed by atoms with Crippen LogP contribution in [0.15, 0.2) is 45.6 Å². The van der Waals surface area contributed by atoms with Gasteiger partial charge in [-0.05, 0) is 55.7 Å². The van der Waals surface area contributed by atoms with E-state index in [1.54, 1.807) is 4.57 Å². The zero-order valence-electron chi connectivity index (χ0n) is 15.7. The van der Waals surface area contributed by atoms with E-state index in [9.17, 15) is 4.79 Å². The van der Waals surface area contributed by atoms with Crippen molar-refractivity contribution in [2.75, 3.05) is 19.8 Å². The smallest absolute Gasteiger partial charge is 0.421 e. The molecule has 0 amide bonds. The number of rotatable bonds is 6. The minimum atomic E-state index is -0.316. The fourth-order valence-electron chi connectivity index (χ4n) is 3.63. The van der Waals surface area contributed by atoms with E-state index in [4.69, 9.17) is 13.9 Å². The lowest BCUT2D eigenvalue weighted by atomic mass is 9.99. The van der Waals surface area contributed by atoms with Gasteiger partial charge in [-0.2, -0.15) is 0 Å². The van der Waals surface area contributed by atoms with Crippen molar-refractivity contribution in [2.24, 2.45) is 0 Å². The molecule has 0 radical (unpaired) electrons. The van der Waals surface area contributed by atoms with Crippen molar-refractivity contribution in [2.45, 2.75) is 33.5 Å². The molecule has 0 bridgehead atoms. The second-order valence-corrected chi connectivity index (χ2v) is 6.64. The Hall–Kier alpha value is -2.73. The average molecular weight is 368 g/mol. The van der Waals surface area contributed by atoms with Crippen LogP contribution in [0.25, 0.3) is 11.1 Å². The number of nitrogens with zero attached hydrogens (tertiary/aromatic N) is 2. The van der Waals surface area contributed by atoms with E-state index in [2.05, 4.69) is 17.0 Å². The molecule has 0 aliphatic carbocycles. The van der Waals surface area contributed by atoms with Gasteiger partial charge in [0.15, 0.2) is 17.1 Å². The topological polar surface area (TPSA) is 56.8 Å². The van der Waals surface area contributed by atoms with Crippen molar-refractivity contribution in [1.82, 2.24) is 9.47 Å². The zero-order chi connectivity index (χ0) is 18.8. The van der Waals surface area contributed by atoms with Crippen LogP contribution in [0.4, 0.5) is 0 Å². The van der Waals surface area contributed by atoms with Gasteiger partial charge < -0.3 is 13.9 Å². The van der Waals surface area contributed by atoms with Gasteiger partial charge in [0.25, 0.3) is 0 Å². The van der Waals surface area contributed by atoms with Crippen molar-refractivity contribution in [1.29, 1.82) is 0 Å². The Morgan fingerprint density at radius 3 is 2.48 bits per heavy atom. The number of hydrogen-bond acceptors (Lipinski definition) is 5. The van der Waals surface area contributed by atoms with Gasteiger partial charge >= 0.3 is 5.76 Å². The van der Waals surface area contributed by atoms with Gasteiger partial charge in [-0.3, -0.25) is 9.47 Å². The molecule has 6 heteroatoms. The molecule has 3 aromatic rings. The summed E-state index contributed by atoms with van der Waals surface area (Å²) in [5.41, 5.74) is 3.95. The first-order valence-corrected chi connectivity index (χ1v) is 9.41. The van der Waals surface area contributed by atoms with Crippen LogP contribution in [0, 0.1) is 0 Å². The standard InChI is InChI=1S/C21H24N2O4/c1-3-25-19-11-15-9-10-22(13-16(15)12-20(19)26-4-2)14-23-17-7-5-6-8-18(17)27-21(23)24/h5-8,11-12H,3-4,9-10,13-14H2,1-2H3. The molecule has 27 heavy (non-hydrogen) atoms. The van der Waals surface area contributed by atoms with Crippen molar-refractivity contribution < 1.29 is 13.9 Å². The molecule has 0 atom stereocenters.